The lowest BCUT2D eigenvalue weighted by molar-refractivity contribution is 0.0781. The van der Waals surface area contributed by atoms with Crippen molar-refractivity contribution < 1.29 is 9.59 Å². The fraction of sp³-hybridized carbons (Fsp3) is 0.267. The van der Waals surface area contributed by atoms with Gasteiger partial charge in [-0.2, -0.15) is 0 Å². The minimum absolute atomic E-state index is 0.0398. The number of aryl methyl sites for hydroxylation is 1. The summed E-state index contributed by atoms with van der Waals surface area (Å²) >= 11 is 0. The van der Waals surface area contributed by atoms with E-state index in [9.17, 15) is 14.4 Å². The van der Waals surface area contributed by atoms with Gasteiger partial charge in [-0.3, -0.25) is 14.4 Å². The van der Waals surface area contributed by atoms with E-state index in [1.165, 1.54) is 22.1 Å². The summed E-state index contributed by atoms with van der Waals surface area (Å²) in [5, 5.41) is 10.5. The molecule has 11 nitrogen and oxygen atoms in total. The van der Waals surface area contributed by atoms with Crippen molar-refractivity contribution in [3.63, 3.8) is 0 Å². The SMILES string of the molecule is CN(CCNC(=O)c1ccnc2c1nnn2C)C(=O)c1cc(=O)[nH]cn1. The Hall–Kier alpha value is -3.63. The van der Waals surface area contributed by atoms with Crippen molar-refractivity contribution in [2.75, 3.05) is 20.1 Å². The summed E-state index contributed by atoms with van der Waals surface area (Å²) in [5.41, 5.74) is 0.900. The number of hydrogen-bond acceptors (Lipinski definition) is 7. The molecule has 0 radical (unpaired) electrons. The fourth-order valence-electron chi connectivity index (χ4n) is 2.33. The van der Waals surface area contributed by atoms with Crippen molar-refractivity contribution in [2.45, 2.75) is 0 Å². The second-order valence-electron chi connectivity index (χ2n) is 5.52. The molecule has 0 saturated heterocycles. The highest BCUT2D eigenvalue weighted by Crippen LogP contribution is 2.12. The fourth-order valence-corrected chi connectivity index (χ4v) is 2.33. The number of nitrogens with zero attached hydrogens (tertiary/aromatic N) is 6. The molecule has 0 aliphatic rings. The van der Waals surface area contributed by atoms with Crippen LogP contribution in [0.5, 0.6) is 0 Å². The van der Waals surface area contributed by atoms with Gasteiger partial charge in [-0.25, -0.2) is 14.6 Å². The van der Waals surface area contributed by atoms with E-state index in [1.54, 1.807) is 20.2 Å². The van der Waals surface area contributed by atoms with Crippen LogP contribution in [0.25, 0.3) is 11.2 Å². The van der Waals surface area contributed by atoms with Crippen LogP contribution < -0.4 is 10.9 Å². The Labute approximate surface area is 147 Å². The number of carbonyl (C=O) groups excluding carboxylic acids is 2. The maximum absolute atomic E-state index is 12.4. The summed E-state index contributed by atoms with van der Waals surface area (Å²) < 4.78 is 1.48. The topological polar surface area (TPSA) is 139 Å². The number of amides is 2. The molecule has 3 aromatic rings. The molecular formula is C15H16N8O3. The highest BCUT2D eigenvalue weighted by Gasteiger charge is 2.16. The van der Waals surface area contributed by atoms with E-state index in [0.29, 0.717) is 16.7 Å². The monoisotopic (exact) mass is 356 g/mol. The Morgan fingerprint density at radius 2 is 2.15 bits per heavy atom. The van der Waals surface area contributed by atoms with E-state index in [1.807, 2.05) is 0 Å². The zero-order valence-corrected chi connectivity index (χ0v) is 14.1. The number of likely N-dealkylation sites (N-methyl/N-ethyl adjacent to an activating group) is 1. The summed E-state index contributed by atoms with van der Waals surface area (Å²) in [5.74, 6) is -0.751. The normalized spacial score (nSPS) is 10.7. The van der Waals surface area contributed by atoms with Gasteiger partial charge in [0, 0.05) is 39.4 Å². The van der Waals surface area contributed by atoms with Crippen LogP contribution in [0.15, 0.2) is 29.5 Å². The molecule has 2 amide bonds. The predicted molar refractivity (Wildman–Crippen MR) is 90.5 cm³/mol. The first kappa shape index (κ1) is 17.2. The summed E-state index contributed by atoms with van der Waals surface area (Å²) in [6, 6.07) is 2.68. The molecule has 3 heterocycles. The molecule has 0 bridgehead atoms. The molecule has 26 heavy (non-hydrogen) atoms. The van der Waals surface area contributed by atoms with Crippen molar-refractivity contribution >= 4 is 23.0 Å². The molecule has 0 saturated carbocycles. The van der Waals surface area contributed by atoms with Crippen molar-refractivity contribution in [2.24, 2.45) is 7.05 Å². The number of aromatic nitrogens is 6. The Bertz CT molecular complexity index is 1020. The van der Waals surface area contributed by atoms with Gasteiger partial charge in [-0.05, 0) is 6.07 Å². The van der Waals surface area contributed by atoms with E-state index >= 15 is 0 Å². The zero-order chi connectivity index (χ0) is 18.7. The summed E-state index contributed by atoms with van der Waals surface area (Å²) in [4.78, 5) is 47.5. The Morgan fingerprint density at radius 1 is 1.35 bits per heavy atom. The number of hydrogen-bond donors (Lipinski definition) is 2. The van der Waals surface area contributed by atoms with Gasteiger partial charge in [0.1, 0.15) is 11.2 Å². The number of H-pyrrole nitrogens is 1. The van der Waals surface area contributed by atoms with Crippen molar-refractivity contribution in [1.29, 1.82) is 0 Å². The first-order valence-electron chi connectivity index (χ1n) is 7.70. The number of fused-ring (bicyclic) bond motifs is 1. The molecule has 3 rings (SSSR count). The largest absolute Gasteiger partial charge is 0.350 e. The highest BCUT2D eigenvalue weighted by atomic mass is 16.2. The molecule has 134 valence electrons. The van der Waals surface area contributed by atoms with Gasteiger partial charge >= 0.3 is 0 Å². The van der Waals surface area contributed by atoms with Crippen LogP contribution in [-0.4, -0.2) is 66.8 Å². The third kappa shape index (κ3) is 3.41. The van der Waals surface area contributed by atoms with Crippen molar-refractivity contribution in [1.82, 2.24) is 40.2 Å². The van der Waals surface area contributed by atoms with Crippen LogP contribution in [0.3, 0.4) is 0 Å². The molecule has 0 aliphatic carbocycles. The number of rotatable bonds is 5. The van der Waals surface area contributed by atoms with Crippen LogP contribution in [-0.2, 0) is 7.05 Å². The average molecular weight is 356 g/mol. The number of nitrogens with one attached hydrogen (secondary N) is 2. The molecule has 0 fully saturated rings. The van der Waals surface area contributed by atoms with Crippen molar-refractivity contribution in [3.8, 4) is 0 Å². The lowest BCUT2D eigenvalue weighted by Crippen LogP contribution is -2.36. The number of carbonyl (C=O) groups is 2. The highest BCUT2D eigenvalue weighted by molar-refractivity contribution is 6.03. The van der Waals surface area contributed by atoms with Crippen molar-refractivity contribution in [3.05, 3.63) is 46.3 Å². The number of aromatic amines is 1. The van der Waals surface area contributed by atoms with Gasteiger partial charge in [0.2, 0.25) is 0 Å². The lowest BCUT2D eigenvalue weighted by atomic mass is 10.2. The maximum Gasteiger partial charge on any atom is 0.272 e. The van der Waals surface area contributed by atoms with Gasteiger partial charge in [0.25, 0.3) is 17.4 Å². The summed E-state index contributed by atoms with van der Waals surface area (Å²) in [6.07, 6.45) is 2.68. The minimum Gasteiger partial charge on any atom is -0.350 e. The summed E-state index contributed by atoms with van der Waals surface area (Å²) in [7, 11) is 3.25. The van der Waals surface area contributed by atoms with E-state index in [4.69, 9.17) is 0 Å². The minimum atomic E-state index is -0.412. The predicted octanol–water partition coefficient (Wildman–Crippen LogP) is -1.05. The second-order valence-corrected chi connectivity index (χ2v) is 5.52. The van der Waals surface area contributed by atoms with Crippen LogP contribution in [0.4, 0.5) is 0 Å². The zero-order valence-electron chi connectivity index (χ0n) is 14.1. The standard InChI is InChI=1S/C15H16N8O3/c1-22(15(26)10-7-11(24)19-8-18-10)6-5-17-14(25)9-3-4-16-13-12(9)20-21-23(13)2/h3-4,7-8H,5-6H2,1-2H3,(H,17,25)(H,18,19,24). The van der Waals surface area contributed by atoms with E-state index < -0.39 is 11.5 Å². The molecule has 2 N–H and O–H groups in total. The van der Waals surface area contributed by atoms with Gasteiger partial charge in [0.15, 0.2) is 5.65 Å². The van der Waals surface area contributed by atoms with Gasteiger partial charge < -0.3 is 15.2 Å². The Kier molecular flexibility index (Phi) is 4.69. The smallest absolute Gasteiger partial charge is 0.272 e. The first-order valence-corrected chi connectivity index (χ1v) is 7.70. The molecule has 0 atom stereocenters. The molecule has 0 unspecified atom stereocenters. The lowest BCUT2D eigenvalue weighted by Gasteiger charge is -2.16. The first-order chi connectivity index (χ1) is 12.5. The third-order valence-corrected chi connectivity index (χ3v) is 3.71. The maximum atomic E-state index is 12.4. The molecule has 11 heteroatoms. The molecule has 0 aliphatic heterocycles. The van der Waals surface area contributed by atoms with Crippen LogP contribution in [0.1, 0.15) is 20.8 Å². The molecule has 3 aromatic heterocycles. The summed E-state index contributed by atoms with van der Waals surface area (Å²) in [6.45, 7) is 0.460. The van der Waals surface area contributed by atoms with Crippen LogP contribution >= 0.6 is 0 Å². The van der Waals surface area contributed by atoms with E-state index in [2.05, 4.69) is 30.6 Å². The molecule has 0 aromatic carbocycles. The molecule has 0 spiro atoms. The van der Waals surface area contributed by atoms with E-state index in [0.717, 1.165) is 6.07 Å². The second kappa shape index (κ2) is 7.09. The Morgan fingerprint density at radius 3 is 2.92 bits per heavy atom. The Balaban J connectivity index is 1.61. The van der Waals surface area contributed by atoms with Gasteiger partial charge in [0.05, 0.1) is 11.9 Å². The van der Waals surface area contributed by atoms with Gasteiger partial charge in [-0.15, -0.1) is 5.10 Å². The average Bonchev–Trinajstić information content (AvgIpc) is 3.02. The molecular weight excluding hydrogens is 340 g/mol. The van der Waals surface area contributed by atoms with E-state index in [-0.39, 0.29) is 24.7 Å². The quantitative estimate of drug-likeness (QED) is 0.594. The van der Waals surface area contributed by atoms with Crippen LogP contribution in [0.2, 0.25) is 0 Å². The number of pyridine rings is 1. The third-order valence-electron chi connectivity index (χ3n) is 3.71. The van der Waals surface area contributed by atoms with Crippen LogP contribution in [0, 0.1) is 0 Å². The van der Waals surface area contributed by atoms with Gasteiger partial charge in [-0.1, -0.05) is 5.21 Å².